The van der Waals surface area contributed by atoms with Crippen molar-refractivity contribution in [1.82, 2.24) is 15.5 Å². The lowest BCUT2D eigenvalue weighted by Gasteiger charge is -2.10. The molecule has 25 heavy (non-hydrogen) atoms. The number of pyridine rings is 1. The van der Waals surface area contributed by atoms with Crippen molar-refractivity contribution in [1.29, 1.82) is 5.26 Å². The molecule has 1 N–H and O–H groups in total. The van der Waals surface area contributed by atoms with E-state index in [-0.39, 0.29) is 11.8 Å². The number of hydrogen-bond donors (Lipinski definition) is 1. The minimum absolute atomic E-state index is 0.167. The van der Waals surface area contributed by atoms with Crippen LogP contribution < -0.4 is 5.32 Å². The van der Waals surface area contributed by atoms with Gasteiger partial charge in [0.2, 0.25) is 0 Å². The minimum Gasteiger partial charge on any atom is -0.348 e. The van der Waals surface area contributed by atoms with Crippen LogP contribution in [0.25, 0.3) is 11.1 Å². The van der Waals surface area contributed by atoms with Crippen molar-refractivity contribution >= 4 is 17.0 Å². The van der Waals surface area contributed by atoms with Crippen LogP contribution in [0, 0.1) is 18.3 Å². The van der Waals surface area contributed by atoms with Gasteiger partial charge >= 0.3 is 0 Å². The SMILES string of the molecule is Cc1noc2nc(C(C)C)cc(C(=O)NCc3ccc(C#N)cc3)c12. The lowest BCUT2D eigenvalue weighted by Crippen LogP contribution is -2.23. The van der Waals surface area contributed by atoms with Crippen molar-refractivity contribution < 1.29 is 9.32 Å². The molecule has 0 aliphatic heterocycles. The van der Waals surface area contributed by atoms with Gasteiger partial charge in [-0.15, -0.1) is 0 Å². The molecule has 2 aromatic heterocycles. The smallest absolute Gasteiger partial charge is 0.259 e. The van der Waals surface area contributed by atoms with E-state index in [2.05, 4.69) is 21.5 Å². The number of carbonyl (C=O) groups excluding carboxylic acids is 1. The number of fused-ring (bicyclic) bond motifs is 1. The van der Waals surface area contributed by atoms with Gasteiger partial charge in [0.15, 0.2) is 0 Å². The molecule has 0 unspecified atom stereocenters. The Morgan fingerprint density at radius 2 is 2.04 bits per heavy atom. The average molecular weight is 334 g/mol. The van der Waals surface area contributed by atoms with E-state index in [0.29, 0.717) is 34.5 Å². The van der Waals surface area contributed by atoms with Crippen LogP contribution in [0.2, 0.25) is 0 Å². The number of nitrogens with zero attached hydrogens (tertiary/aromatic N) is 3. The maximum Gasteiger partial charge on any atom is 0.259 e. The number of hydrogen-bond acceptors (Lipinski definition) is 5. The van der Waals surface area contributed by atoms with E-state index in [1.54, 1.807) is 25.1 Å². The molecule has 0 fully saturated rings. The highest BCUT2D eigenvalue weighted by Crippen LogP contribution is 2.25. The maximum atomic E-state index is 12.7. The Morgan fingerprint density at radius 3 is 2.68 bits per heavy atom. The second-order valence-corrected chi connectivity index (χ2v) is 6.19. The van der Waals surface area contributed by atoms with Crippen molar-refractivity contribution in [3.8, 4) is 6.07 Å². The molecule has 1 amide bonds. The lowest BCUT2D eigenvalue weighted by atomic mass is 10.0. The molecule has 2 heterocycles. The van der Waals surface area contributed by atoms with Crippen LogP contribution >= 0.6 is 0 Å². The van der Waals surface area contributed by atoms with E-state index in [1.807, 2.05) is 26.0 Å². The predicted octanol–water partition coefficient (Wildman–Crippen LogP) is 3.46. The fraction of sp³-hybridized carbons (Fsp3) is 0.263. The number of rotatable bonds is 4. The normalized spacial score (nSPS) is 10.8. The van der Waals surface area contributed by atoms with Gasteiger partial charge < -0.3 is 9.84 Å². The Bertz CT molecular complexity index is 965. The van der Waals surface area contributed by atoms with E-state index in [1.165, 1.54) is 0 Å². The van der Waals surface area contributed by atoms with E-state index >= 15 is 0 Å². The van der Waals surface area contributed by atoms with Crippen LogP contribution in [-0.2, 0) is 6.54 Å². The molecule has 6 nitrogen and oxygen atoms in total. The van der Waals surface area contributed by atoms with Gasteiger partial charge in [-0.25, -0.2) is 4.98 Å². The highest BCUT2D eigenvalue weighted by Gasteiger charge is 2.19. The molecule has 0 aliphatic rings. The zero-order valence-corrected chi connectivity index (χ0v) is 14.3. The van der Waals surface area contributed by atoms with Crippen molar-refractivity contribution in [2.45, 2.75) is 33.2 Å². The summed E-state index contributed by atoms with van der Waals surface area (Å²) >= 11 is 0. The van der Waals surface area contributed by atoms with Crippen molar-refractivity contribution in [3.63, 3.8) is 0 Å². The summed E-state index contributed by atoms with van der Waals surface area (Å²) in [5, 5.41) is 16.3. The highest BCUT2D eigenvalue weighted by molar-refractivity contribution is 6.06. The molecule has 3 rings (SSSR count). The minimum atomic E-state index is -0.204. The van der Waals surface area contributed by atoms with E-state index in [9.17, 15) is 4.79 Å². The standard InChI is InChI=1S/C19H18N4O2/c1-11(2)16-8-15(17-12(3)23-25-19(17)22-16)18(24)21-10-14-6-4-13(9-20)5-7-14/h4-8,11H,10H2,1-3H3,(H,21,24). The van der Waals surface area contributed by atoms with Crippen LogP contribution in [0.3, 0.4) is 0 Å². The molecule has 1 aromatic carbocycles. The first kappa shape index (κ1) is 16.7. The Morgan fingerprint density at radius 1 is 1.32 bits per heavy atom. The number of aryl methyl sites for hydroxylation is 1. The largest absolute Gasteiger partial charge is 0.348 e. The second kappa shape index (κ2) is 6.73. The Kier molecular flexibility index (Phi) is 4.48. The van der Waals surface area contributed by atoms with Crippen molar-refractivity contribution in [2.75, 3.05) is 0 Å². The van der Waals surface area contributed by atoms with Crippen molar-refractivity contribution in [3.05, 3.63) is 58.4 Å². The second-order valence-electron chi connectivity index (χ2n) is 6.19. The first-order valence-electron chi connectivity index (χ1n) is 8.03. The topological polar surface area (TPSA) is 91.8 Å². The van der Waals surface area contributed by atoms with Gasteiger partial charge in [-0.3, -0.25) is 4.79 Å². The van der Waals surface area contributed by atoms with Gasteiger partial charge in [-0.1, -0.05) is 31.1 Å². The van der Waals surface area contributed by atoms with Crippen molar-refractivity contribution in [2.24, 2.45) is 0 Å². The summed E-state index contributed by atoms with van der Waals surface area (Å²) in [7, 11) is 0. The lowest BCUT2D eigenvalue weighted by molar-refractivity contribution is 0.0952. The quantitative estimate of drug-likeness (QED) is 0.789. The molecule has 0 saturated heterocycles. The predicted molar refractivity (Wildman–Crippen MR) is 93.0 cm³/mol. The first-order valence-corrected chi connectivity index (χ1v) is 8.03. The first-order chi connectivity index (χ1) is 12.0. The molecule has 0 atom stereocenters. The molecule has 0 saturated carbocycles. The summed E-state index contributed by atoms with van der Waals surface area (Å²) in [6, 6.07) is 11.0. The van der Waals surface area contributed by atoms with Crippen LogP contribution in [0.5, 0.6) is 0 Å². The number of nitriles is 1. The Balaban J connectivity index is 1.88. The highest BCUT2D eigenvalue weighted by atomic mass is 16.5. The fourth-order valence-electron chi connectivity index (χ4n) is 2.56. The Hall–Kier alpha value is -3.20. The summed E-state index contributed by atoms with van der Waals surface area (Å²) < 4.78 is 5.25. The summed E-state index contributed by atoms with van der Waals surface area (Å²) in [6.45, 7) is 6.18. The number of nitrogens with one attached hydrogen (secondary N) is 1. The van der Waals surface area contributed by atoms with Gasteiger partial charge in [0, 0.05) is 12.2 Å². The van der Waals surface area contributed by atoms with Gasteiger partial charge in [0.05, 0.1) is 28.3 Å². The Labute approximate surface area is 145 Å². The number of aromatic nitrogens is 2. The third-order valence-corrected chi connectivity index (χ3v) is 4.01. The van der Waals surface area contributed by atoms with Gasteiger partial charge in [0.25, 0.3) is 11.6 Å². The van der Waals surface area contributed by atoms with E-state index in [4.69, 9.17) is 9.78 Å². The molecule has 3 aromatic rings. The van der Waals surface area contributed by atoms with Gasteiger partial charge in [-0.2, -0.15) is 5.26 Å². The molecular formula is C19H18N4O2. The summed E-state index contributed by atoms with van der Waals surface area (Å²) in [5.41, 5.74) is 3.83. The third kappa shape index (κ3) is 3.36. The zero-order valence-electron chi connectivity index (χ0n) is 14.3. The summed E-state index contributed by atoms with van der Waals surface area (Å²) in [6.07, 6.45) is 0. The summed E-state index contributed by atoms with van der Waals surface area (Å²) in [4.78, 5) is 17.2. The molecule has 6 heteroatoms. The number of benzene rings is 1. The van der Waals surface area contributed by atoms with Crippen LogP contribution in [0.4, 0.5) is 0 Å². The molecule has 0 spiro atoms. The van der Waals surface area contributed by atoms with Crippen LogP contribution in [-0.4, -0.2) is 16.0 Å². The summed E-state index contributed by atoms with van der Waals surface area (Å²) in [5.74, 6) is -0.0372. The molecular weight excluding hydrogens is 316 g/mol. The average Bonchev–Trinajstić information content (AvgIpc) is 3.00. The fourth-order valence-corrected chi connectivity index (χ4v) is 2.56. The van der Waals surface area contributed by atoms with Gasteiger partial charge in [0.1, 0.15) is 0 Å². The van der Waals surface area contributed by atoms with E-state index in [0.717, 1.165) is 11.3 Å². The maximum absolute atomic E-state index is 12.7. The monoisotopic (exact) mass is 334 g/mol. The van der Waals surface area contributed by atoms with Crippen LogP contribution in [0.1, 0.15) is 52.6 Å². The number of amides is 1. The van der Waals surface area contributed by atoms with Gasteiger partial charge in [-0.05, 0) is 36.6 Å². The molecule has 0 radical (unpaired) electrons. The molecule has 0 bridgehead atoms. The van der Waals surface area contributed by atoms with E-state index < -0.39 is 0 Å². The molecule has 126 valence electrons. The third-order valence-electron chi connectivity index (χ3n) is 4.01. The number of carbonyl (C=O) groups is 1. The zero-order chi connectivity index (χ0) is 18.0. The van der Waals surface area contributed by atoms with Crippen LogP contribution in [0.15, 0.2) is 34.9 Å². The molecule has 0 aliphatic carbocycles.